The zero-order valence-electron chi connectivity index (χ0n) is 15.4. The number of carbonyl (C=O) groups excluding carboxylic acids is 1. The van der Waals surface area contributed by atoms with Gasteiger partial charge in [-0.2, -0.15) is 0 Å². The summed E-state index contributed by atoms with van der Waals surface area (Å²) in [6.07, 6.45) is 2.86. The number of benzene rings is 1. The van der Waals surface area contributed by atoms with E-state index in [4.69, 9.17) is 9.47 Å². The lowest BCUT2D eigenvalue weighted by atomic mass is 10.00. The molecule has 0 radical (unpaired) electrons. The zero-order valence-corrected chi connectivity index (χ0v) is 15.4. The van der Waals surface area contributed by atoms with Gasteiger partial charge in [0.15, 0.2) is 0 Å². The molecule has 1 aromatic rings. The minimum absolute atomic E-state index is 0.00662. The average Bonchev–Trinajstić information content (AvgIpc) is 2.58. The van der Waals surface area contributed by atoms with Crippen LogP contribution < -0.4 is 4.74 Å². The van der Waals surface area contributed by atoms with E-state index >= 15 is 0 Å². The van der Waals surface area contributed by atoms with Crippen molar-refractivity contribution in [1.82, 2.24) is 4.90 Å². The Hall–Kier alpha value is -2.08. The minimum atomic E-state index is -1.11. The highest BCUT2D eigenvalue weighted by Gasteiger charge is 2.31. The summed E-state index contributed by atoms with van der Waals surface area (Å²) >= 11 is 0. The van der Waals surface area contributed by atoms with E-state index in [0.29, 0.717) is 13.2 Å². The summed E-state index contributed by atoms with van der Waals surface area (Å²) in [4.78, 5) is 26.3. The first-order chi connectivity index (χ1) is 11.7. The average molecular weight is 349 g/mol. The smallest absolute Gasteiger partial charge is 0.339 e. The van der Waals surface area contributed by atoms with Crippen molar-refractivity contribution in [3.63, 3.8) is 0 Å². The zero-order chi connectivity index (χ0) is 18.6. The quantitative estimate of drug-likeness (QED) is 0.883. The van der Waals surface area contributed by atoms with Gasteiger partial charge in [-0.05, 0) is 52.2 Å². The Kier molecular flexibility index (Phi) is 6.06. The van der Waals surface area contributed by atoms with Gasteiger partial charge in [0, 0.05) is 6.54 Å². The summed E-state index contributed by atoms with van der Waals surface area (Å²) in [5.74, 6) is -1.21. The Morgan fingerprint density at radius 2 is 1.92 bits per heavy atom. The van der Waals surface area contributed by atoms with Crippen LogP contribution >= 0.6 is 0 Å². The van der Waals surface area contributed by atoms with Crippen LogP contribution in [0.15, 0.2) is 18.2 Å². The van der Waals surface area contributed by atoms with Gasteiger partial charge in [0.2, 0.25) is 0 Å². The van der Waals surface area contributed by atoms with Crippen molar-refractivity contribution < 1.29 is 24.2 Å². The maximum absolute atomic E-state index is 13.1. The number of hydrogen-bond donors (Lipinski definition) is 1. The molecule has 1 aliphatic rings. The number of carbonyl (C=O) groups is 2. The summed E-state index contributed by atoms with van der Waals surface area (Å²) in [5.41, 5.74) is 0.00509. The Labute approximate surface area is 148 Å². The van der Waals surface area contributed by atoms with Crippen LogP contribution in [0, 0.1) is 0 Å². The van der Waals surface area contributed by atoms with Gasteiger partial charge in [0.25, 0.3) is 5.91 Å². The molecule has 0 saturated carbocycles. The SMILES string of the molecule is COc1c(C(=O)O)cccc1C(=O)N1CCCCC1COC(C)(C)C. The summed E-state index contributed by atoms with van der Waals surface area (Å²) in [7, 11) is 1.38. The van der Waals surface area contributed by atoms with E-state index in [1.165, 1.54) is 13.2 Å². The molecule has 1 unspecified atom stereocenters. The van der Waals surface area contributed by atoms with Crippen molar-refractivity contribution in [1.29, 1.82) is 0 Å². The summed E-state index contributed by atoms with van der Waals surface area (Å²) in [6, 6.07) is 4.61. The molecule has 1 atom stereocenters. The number of para-hydroxylation sites is 1. The first-order valence-electron chi connectivity index (χ1n) is 8.60. The molecule has 1 N–H and O–H groups in total. The second-order valence-electron chi connectivity index (χ2n) is 7.26. The van der Waals surface area contributed by atoms with Crippen LogP contribution in [0.4, 0.5) is 0 Å². The monoisotopic (exact) mass is 349 g/mol. The van der Waals surface area contributed by atoms with Gasteiger partial charge in [-0.3, -0.25) is 4.79 Å². The molecule has 0 bridgehead atoms. The second kappa shape index (κ2) is 7.87. The number of ether oxygens (including phenoxy) is 2. The molecule has 2 rings (SSSR count). The van der Waals surface area contributed by atoms with Crippen molar-refractivity contribution in [2.45, 2.75) is 51.7 Å². The van der Waals surface area contributed by atoms with Gasteiger partial charge in [0.05, 0.1) is 30.9 Å². The number of piperidine rings is 1. The third-order valence-corrected chi connectivity index (χ3v) is 4.28. The molecule has 25 heavy (non-hydrogen) atoms. The molecule has 1 amide bonds. The summed E-state index contributed by atoms with van der Waals surface area (Å²) in [5, 5.41) is 9.31. The summed E-state index contributed by atoms with van der Waals surface area (Å²) in [6.45, 7) is 7.07. The van der Waals surface area contributed by atoms with Crippen molar-refractivity contribution in [2.24, 2.45) is 0 Å². The van der Waals surface area contributed by atoms with Crippen LogP contribution in [0.2, 0.25) is 0 Å². The molecule has 138 valence electrons. The number of amides is 1. The number of carboxylic acid groups (broad SMARTS) is 1. The van der Waals surface area contributed by atoms with Crippen LogP contribution in [0.5, 0.6) is 5.75 Å². The Bertz CT molecular complexity index is 635. The molecule has 1 saturated heterocycles. The predicted octanol–water partition coefficient (Wildman–Crippen LogP) is 3.20. The van der Waals surface area contributed by atoms with Gasteiger partial charge < -0.3 is 19.5 Å². The Morgan fingerprint density at radius 3 is 2.52 bits per heavy atom. The highest BCUT2D eigenvalue weighted by atomic mass is 16.5. The topological polar surface area (TPSA) is 76.1 Å². The van der Waals surface area contributed by atoms with Crippen molar-refractivity contribution >= 4 is 11.9 Å². The molecular formula is C19H27NO5. The van der Waals surface area contributed by atoms with E-state index in [2.05, 4.69) is 0 Å². The molecule has 1 aliphatic heterocycles. The predicted molar refractivity (Wildman–Crippen MR) is 94.3 cm³/mol. The van der Waals surface area contributed by atoms with E-state index in [0.717, 1.165) is 19.3 Å². The third kappa shape index (κ3) is 4.72. The fourth-order valence-electron chi connectivity index (χ4n) is 3.04. The molecule has 6 heteroatoms. The van der Waals surface area contributed by atoms with Crippen LogP contribution in [0.3, 0.4) is 0 Å². The largest absolute Gasteiger partial charge is 0.495 e. The Morgan fingerprint density at radius 1 is 1.24 bits per heavy atom. The lowest BCUT2D eigenvalue weighted by molar-refractivity contribution is -0.0381. The molecule has 1 heterocycles. The normalized spacial score (nSPS) is 18.1. The van der Waals surface area contributed by atoms with Crippen molar-refractivity contribution in [2.75, 3.05) is 20.3 Å². The molecule has 1 aromatic carbocycles. The fourth-order valence-corrected chi connectivity index (χ4v) is 3.04. The van der Waals surface area contributed by atoms with E-state index in [-0.39, 0.29) is 34.4 Å². The van der Waals surface area contributed by atoms with E-state index in [1.54, 1.807) is 17.0 Å². The number of aromatic carboxylic acids is 1. The highest BCUT2D eigenvalue weighted by molar-refractivity contribution is 6.02. The number of hydrogen-bond acceptors (Lipinski definition) is 4. The lowest BCUT2D eigenvalue weighted by Crippen LogP contribution is -2.47. The number of nitrogens with zero attached hydrogens (tertiary/aromatic N) is 1. The molecule has 0 aromatic heterocycles. The molecule has 1 fully saturated rings. The van der Waals surface area contributed by atoms with Crippen LogP contribution in [0.1, 0.15) is 60.7 Å². The molecule has 0 spiro atoms. The van der Waals surface area contributed by atoms with Gasteiger partial charge in [-0.15, -0.1) is 0 Å². The number of likely N-dealkylation sites (tertiary alicyclic amines) is 1. The van der Waals surface area contributed by atoms with Crippen LogP contribution in [0.25, 0.3) is 0 Å². The summed E-state index contributed by atoms with van der Waals surface area (Å²) < 4.78 is 11.1. The second-order valence-corrected chi connectivity index (χ2v) is 7.26. The number of rotatable bonds is 5. The van der Waals surface area contributed by atoms with Crippen LogP contribution in [-0.2, 0) is 4.74 Å². The molecular weight excluding hydrogens is 322 g/mol. The standard InChI is InChI=1S/C19H27NO5/c1-19(2,3)25-12-13-8-5-6-11-20(13)17(21)14-9-7-10-15(18(22)23)16(14)24-4/h7,9-10,13H,5-6,8,11-12H2,1-4H3,(H,22,23). The van der Waals surface area contributed by atoms with Gasteiger partial charge in [-0.25, -0.2) is 4.79 Å². The van der Waals surface area contributed by atoms with Crippen LogP contribution in [-0.4, -0.2) is 53.8 Å². The third-order valence-electron chi connectivity index (χ3n) is 4.28. The Balaban J connectivity index is 2.28. The molecule has 6 nitrogen and oxygen atoms in total. The van der Waals surface area contributed by atoms with E-state index in [9.17, 15) is 14.7 Å². The maximum Gasteiger partial charge on any atom is 0.339 e. The molecule has 0 aliphatic carbocycles. The highest BCUT2D eigenvalue weighted by Crippen LogP contribution is 2.28. The first-order valence-corrected chi connectivity index (χ1v) is 8.60. The van der Waals surface area contributed by atoms with Gasteiger partial charge in [0.1, 0.15) is 11.3 Å². The number of carboxylic acids is 1. The van der Waals surface area contributed by atoms with Gasteiger partial charge >= 0.3 is 5.97 Å². The van der Waals surface area contributed by atoms with Gasteiger partial charge in [-0.1, -0.05) is 6.07 Å². The number of methoxy groups -OCH3 is 1. The van der Waals surface area contributed by atoms with Crippen molar-refractivity contribution in [3.05, 3.63) is 29.3 Å². The lowest BCUT2D eigenvalue weighted by Gasteiger charge is -2.37. The first kappa shape index (κ1) is 19.2. The van der Waals surface area contributed by atoms with E-state index < -0.39 is 5.97 Å². The van der Waals surface area contributed by atoms with Crippen molar-refractivity contribution in [3.8, 4) is 5.75 Å². The van der Waals surface area contributed by atoms with E-state index in [1.807, 2.05) is 20.8 Å². The minimum Gasteiger partial charge on any atom is -0.495 e. The maximum atomic E-state index is 13.1. The fraction of sp³-hybridized carbons (Fsp3) is 0.579.